The topological polar surface area (TPSA) is 51.8 Å². The van der Waals surface area contributed by atoms with Crippen molar-refractivity contribution in [3.05, 3.63) is 164 Å². The number of hydrogen-bond acceptors (Lipinski definition) is 5. The molecule has 0 aliphatic rings. The van der Waals surface area contributed by atoms with Crippen LogP contribution < -0.4 is 0 Å². The van der Waals surface area contributed by atoms with E-state index in [9.17, 15) is 0 Å². The minimum atomic E-state index is 0.615. The van der Waals surface area contributed by atoms with Crippen molar-refractivity contribution in [2.45, 2.75) is 0 Å². The van der Waals surface area contributed by atoms with E-state index in [2.05, 4.69) is 127 Å². The maximum atomic E-state index is 6.45. The lowest BCUT2D eigenvalue weighted by atomic mass is 9.95. The standard InChI is InChI=1S/C47H27N3OS/c1-3-12-28(13-4-1)37-27-38(50-47(49-37)36-19-11-18-32-31-16-7-9-20-40(31)51-46(32)36)30-22-23-33-39(26-30)48-45(29-14-5-2-6-15-29)35-24-25-42-44(43(33)35)34-17-8-10-21-41(34)52-42/h1-27H. The van der Waals surface area contributed by atoms with E-state index in [1.165, 1.54) is 25.6 Å². The molecular weight excluding hydrogens is 655 g/mol. The summed E-state index contributed by atoms with van der Waals surface area (Å²) in [5.41, 5.74) is 9.13. The van der Waals surface area contributed by atoms with E-state index in [1.807, 2.05) is 47.7 Å². The van der Waals surface area contributed by atoms with Gasteiger partial charge < -0.3 is 4.42 Å². The van der Waals surface area contributed by atoms with Crippen molar-refractivity contribution in [1.29, 1.82) is 0 Å². The number of aromatic nitrogens is 3. The Hall–Kier alpha value is -6.69. The number of fused-ring (bicyclic) bond motifs is 10. The first-order chi connectivity index (χ1) is 25.8. The van der Waals surface area contributed by atoms with Gasteiger partial charge in [-0.25, -0.2) is 15.0 Å². The van der Waals surface area contributed by atoms with E-state index in [1.54, 1.807) is 0 Å². The van der Waals surface area contributed by atoms with Crippen molar-refractivity contribution in [2.75, 3.05) is 0 Å². The van der Waals surface area contributed by atoms with Gasteiger partial charge in [0.25, 0.3) is 0 Å². The van der Waals surface area contributed by atoms with Crippen LogP contribution in [0.3, 0.4) is 0 Å². The number of benzene rings is 7. The van der Waals surface area contributed by atoms with Crippen molar-refractivity contribution >= 4 is 75.1 Å². The molecule has 0 bridgehead atoms. The Kier molecular flexibility index (Phi) is 6.39. The highest BCUT2D eigenvalue weighted by atomic mass is 32.1. The Morgan fingerprint density at radius 1 is 0.423 bits per heavy atom. The molecule has 0 fully saturated rings. The van der Waals surface area contributed by atoms with Gasteiger partial charge >= 0.3 is 0 Å². The molecule has 0 saturated heterocycles. The summed E-state index contributed by atoms with van der Waals surface area (Å²) in [4.78, 5) is 15.8. The number of hydrogen-bond donors (Lipinski definition) is 0. The van der Waals surface area contributed by atoms with Gasteiger partial charge in [-0.2, -0.15) is 0 Å². The molecule has 4 heterocycles. The highest BCUT2D eigenvalue weighted by Crippen LogP contribution is 2.44. The molecule has 242 valence electrons. The Balaban J connectivity index is 1.19. The summed E-state index contributed by atoms with van der Waals surface area (Å²) in [6.07, 6.45) is 0. The van der Waals surface area contributed by atoms with Crippen LogP contribution in [0.15, 0.2) is 168 Å². The molecule has 0 radical (unpaired) electrons. The lowest BCUT2D eigenvalue weighted by Gasteiger charge is -2.14. The van der Waals surface area contributed by atoms with Crippen molar-refractivity contribution in [3.63, 3.8) is 0 Å². The second-order valence-corrected chi connectivity index (χ2v) is 14.2. The number of para-hydroxylation sites is 2. The third-order valence-electron chi connectivity index (χ3n) is 10.1. The van der Waals surface area contributed by atoms with E-state index >= 15 is 0 Å². The molecule has 11 aromatic rings. The minimum absolute atomic E-state index is 0.615. The second-order valence-electron chi connectivity index (χ2n) is 13.1. The molecule has 0 aliphatic heterocycles. The van der Waals surface area contributed by atoms with Gasteiger partial charge in [-0.3, -0.25) is 0 Å². The molecule has 7 aromatic carbocycles. The first kappa shape index (κ1) is 29.1. The van der Waals surface area contributed by atoms with Gasteiger partial charge in [0.15, 0.2) is 5.82 Å². The predicted molar refractivity (Wildman–Crippen MR) is 217 cm³/mol. The zero-order chi connectivity index (χ0) is 34.2. The van der Waals surface area contributed by atoms with Crippen molar-refractivity contribution in [1.82, 2.24) is 15.0 Å². The van der Waals surface area contributed by atoms with Crippen molar-refractivity contribution in [2.24, 2.45) is 0 Å². The summed E-state index contributed by atoms with van der Waals surface area (Å²) in [7, 11) is 0. The normalized spacial score (nSPS) is 11.8. The van der Waals surface area contributed by atoms with Crippen LogP contribution in [0.1, 0.15) is 0 Å². The van der Waals surface area contributed by atoms with Gasteiger partial charge in [-0.15, -0.1) is 11.3 Å². The molecule has 4 nitrogen and oxygen atoms in total. The van der Waals surface area contributed by atoms with Crippen LogP contribution >= 0.6 is 11.3 Å². The molecule has 0 atom stereocenters. The Labute approximate surface area is 302 Å². The van der Waals surface area contributed by atoms with Crippen LogP contribution in [0, 0.1) is 0 Å². The summed E-state index contributed by atoms with van der Waals surface area (Å²) in [5, 5.41) is 8.19. The van der Waals surface area contributed by atoms with Crippen LogP contribution in [0.4, 0.5) is 0 Å². The maximum absolute atomic E-state index is 6.45. The average Bonchev–Trinajstić information content (AvgIpc) is 3.79. The fraction of sp³-hybridized carbons (Fsp3) is 0. The second kappa shape index (κ2) is 11.4. The number of thiophene rings is 1. The minimum Gasteiger partial charge on any atom is -0.455 e. The van der Waals surface area contributed by atoms with Gasteiger partial charge in [0, 0.05) is 63.8 Å². The van der Waals surface area contributed by atoms with Gasteiger partial charge in [0.05, 0.1) is 28.2 Å². The lowest BCUT2D eigenvalue weighted by molar-refractivity contribution is 0.669. The molecule has 4 aromatic heterocycles. The highest BCUT2D eigenvalue weighted by Gasteiger charge is 2.19. The molecule has 0 unspecified atom stereocenters. The van der Waals surface area contributed by atoms with Crippen LogP contribution in [0.25, 0.3) is 109 Å². The predicted octanol–water partition coefficient (Wildman–Crippen LogP) is 13.1. The molecule has 0 saturated carbocycles. The van der Waals surface area contributed by atoms with Gasteiger partial charge in [0.2, 0.25) is 0 Å². The Morgan fingerprint density at radius 2 is 1.12 bits per heavy atom. The van der Waals surface area contributed by atoms with Crippen LogP contribution in [0.5, 0.6) is 0 Å². The first-order valence-electron chi connectivity index (χ1n) is 17.4. The van der Waals surface area contributed by atoms with Crippen LogP contribution in [-0.4, -0.2) is 15.0 Å². The Bertz CT molecular complexity index is 3180. The van der Waals surface area contributed by atoms with Gasteiger partial charge in [-0.05, 0) is 36.4 Å². The molecule has 0 amide bonds. The van der Waals surface area contributed by atoms with E-state index in [-0.39, 0.29) is 0 Å². The summed E-state index contributed by atoms with van der Waals surface area (Å²) in [5.74, 6) is 0.615. The molecule has 0 aliphatic carbocycles. The number of furan rings is 1. The van der Waals surface area contributed by atoms with E-state index in [0.717, 1.165) is 77.6 Å². The smallest absolute Gasteiger partial charge is 0.164 e. The van der Waals surface area contributed by atoms with Gasteiger partial charge in [-0.1, -0.05) is 127 Å². The third-order valence-corrected chi connectivity index (χ3v) is 11.2. The van der Waals surface area contributed by atoms with Crippen LogP contribution in [0.2, 0.25) is 0 Å². The van der Waals surface area contributed by atoms with E-state index < -0.39 is 0 Å². The highest BCUT2D eigenvalue weighted by molar-refractivity contribution is 7.26. The largest absolute Gasteiger partial charge is 0.455 e. The zero-order valence-corrected chi connectivity index (χ0v) is 28.6. The number of rotatable bonds is 4. The molecule has 0 N–H and O–H groups in total. The maximum Gasteiger partial charge on any atom is 0.164 e. The number of nitrogens with zero attached hydrogens (tertiary/aromatic N) is 3. The van der Waals surface area contributed by atoms with Gasteiger partial charge in [0.1, 0.15) is 11.2 Å². The molecule has 0 spiro atoms. The molecule has 52 heavy (non-hydrogen) atoms. The molecular formula is C47H27N3OS. The van der Waals surface area contributed by atoms with Crippen molar-refractivity contribution in [3.8, 4) is 45.2 Å². The quantitative estimate of drug-likeness (QED) is 0.174. The third kappa shape index (κ3) is 4.50. The lowest BCUT2D eigenvalue weighted by Crippen LogP contribution is -1.97. The fourth-order valence-corrected chi connectivity index (χ4v) is 8.79. The summed E-state index contributed by atoms with van der Waals surface area (Å²) >= 11 is 1.84. The van der Waals surface area contributed by atoms with E-state index in [4.69, 9.17) is 19.4 Å². The monoisotopic (exact) mass is 681 g/mol. The average molecular weight is 682 g/mol. The summed E-state index contributed by atoms with van der Waals surface area (Å²) < 4.78 is 9.01. The molecule has 5 heteroatoms. The zero-order valence-electron chi connectivity index (χ0n) is 27.7. The van der Waals surface area contributed by atoms with Crippen LogP contribution in [-0.2, 0) is 0 Å². The molecule has 11 rings (SSSR count). The first-order valence-corrected chi connectivity index (χ1v) is 18.2. The summed E-state index contributed by atoms with van der Waals surface area (Å²) in [6, 6.07) is 57.1. The summed E-state index contributed by atoms with van der Waals surface area (Å²) in [6.45, 7) is 0. The SMILES string of the molecule is c1ccc(-c2cc(-c3ccc4c(c3)nc(-c3ccccc3)c3ccc5sc6ccccc6c5c34)nc(-c3cccc4c3oc3ccccc34)n2)cc1. The number of pyridine rings is 1. The fourth-order valence-electron chi connectivity index (χ4n) is 7.68. The Morgan fingerprint density at radius 3 is 1.96 bits per heavy atom. The van der Waals surface area contributed by atoms with Crippen molar-refractivity contribution < 1.29 is 4.42 Å². The van der Waals surface area contributed by atoms with E-state index in [0.29, 0.717) is 5.82 Å².